The predicted molar refractivity (Wildman–Crippen MR) is 55.7 cm³/mol. The third-order valence-corrected chi connectivity index (χ3v) is 3.20. The Morgan fingerprint density at radius 1 is 1.33 bits per heavy atom. The highest BCUT2D eigenvalue weighted by Gasteiger charge is 2.36. The third kappa shape index (κ3) is 1.89. The molecule has 0 N–H and O–H groups in total. The highest BCUT2D eigenvalue weighted by Crippen LogP contribution is 2.28. The SMILES string of the molecule is FC(F)(F)c1nc2ccc(I)c(Cl)n2n1. The Hall–Kier alpha value is -0.570. The van der Waals surface area contributed by atoms with E-state index in [1.54, 1.807) is 6.07 Å². The van der Waals surface area contributed by atoms with Crippen molar-refractivity contribution in [3.8, 4) is 0 Å². The molecule has 0 spiro atoms. The molecule has 2 aromatic rings. The molecule has 0 amide bonds. The minimum absolute atomic E-state index is 0.0766. The third-order valence-electron chi connectivity index (χ3n) is 1.65. The smallest absolute Gasteiger partial charge is 0.203 e. The Labute approximate surface area is 100 Å². The molecule has 0 bridgehead atoms. The van der Waals surface area contributed by atoms with Crippen molar-refractivity contribution in [3.05, 3.63) is 26.7 Å². The van der Waals surface area contributed by atoms with E-state index in [4.69, 9.17) is 11.6 Å². The van der Waals surface area contributed by atoms with Crippen LogP contribution >= 0.6 is 34.2 Å². The Balaban J connectivity index is 2.72. The van der Waals surface area contributed by atoms with E-state index in [1.807, 2.05) is 22.6 Å². The summed E-state index contributed by atoms with van der Waals surface area (Å²) in [5, 5.41) is 3.41. The van der Waals surface area contributed by atoms with E-state index in [0.29, 0.717) is 3.57 Å². The predicted octanol–water partition coefficient (Wildman–Crippen LogP) is 3.01. The lowest BCUT2D eigenvalue weighted by Gasteiger charge is -1.98. The molecule has 0 aliphatic carbocycles. The van der Waals surface area contributed by atoms with Crippen LogP contribution in [-0.4, -0.2) is 14.6 Å². The summed E-state index contributed by atoms with van der Waals surface area (Å²) in [7, 11) is 0. The number of alkyl halides is 3. The monoisotopic (exact) mass is 347 g/mol. The average Bonchev–Trinajstić information content (AvgIpc) is 2.55. The highest BCUT2D eigenvalue weighted by atomic mass is 127. The first kappa shape index (κ1) is 10.9. The van der Waals surface area contributed by atoms with Crippen molar-refractivity contribution in [2.75, 3.05) is 0 Å². The van der Waals surface area contributed by atoms with Gasteiger partial charge in [-0.3, -0.25) is 0 Å². The van der Waals surface area contributed by atoms with Gasteiger partial charge in [0.05, 0.1) is 3.57 Å². The fourth-order valence-electron chi connectivity index (χ4n) is 1.01. The number of pyridine rings is 1. The summed E-state index contributed by atoms with van der Waals surface area (Å²) in [6.07, 6.45) is -4.55. The van der Waals surface area contributed by atoms with Crippen LogP contribution in [0.15, 0.2) is 12.1 Å². The topological polar surface area (TPSA) is 30.2 Å². The molecule has 0 saturated carbocycles. The number of rotatable bonds is 0. The van der Waals surface area contributed by atoms with Gasteiger partial charge in [-0.1, -0.05) is 11.6 Å². The fourth-order valence-corrected chi connectivity index (χ4v) is 1.61. The zero-order chi connectivity index (χ0) is 11.2. The molecule has 0 aromatic carbocycles. The number of hydrogen-bond acceptors (Lipinski definition) is 2. The van der Waals surface area contributed by atoms with E-state index in [2.05, 4.69) is 10.1 Å². The molecular formula is C7H2ClF3IN3. The zero-order valence-electron chi connectivity index (χ0n) is 6.89. The molecule has 15 heavy (non-hydrogen) atoms. The lowest BCUT2D eigenvalue weighted by molar-refractivity contribution is -0.144. The average molecular weight is 347 g/mol. The van der Waals surface area contributed by atoms with Crippen LogP contribution in [0.2, 0.25) is 5.15 Å². The second-order valence-corrected chi connectivity index (χ2v) is 4.20. The van der Waals surface area contributed by atoms with Crippen molar-refractivity contribution in [1.29, 1.82) is 0 Å². The van der Waals surface area contributed by atoms with Gasteiger partial charge in [-0.25, -0.2) is 9.50 Å². The quantitative estimate of drug-likeness (QED) is 0.542. The van der Waals surface area contributed by atoms with Crippen LogP contribution in [0.5, 0.6) is 0 Å². The molecule has 0 saturated heterocycles. The molecule has 2 heterocycles. The minimum atomic E-state index is -4.55. The van der Waals surface area contributed by atoms with Gasteiger partial charge in [0.25, 0.3) is 5.82 Å². The van der Waals surface area contributed by atoms with Crippen molar-refractivity contribution in [2.24, 2.45) is 0 Å². The molecule has 0 atom stereocenters. The Morgan fingerprint density at radius 2 is 2.00 bits per heavy atom. The number of aromatic nitrogens is 3. The largest absolute Gasteiger partial charge is 0.453 e. The normalized spacial score (nSPS) is 12.3. The number of nitrogens with zero attached hydrogens (tertiary/aromatic N) is 3. The molecule has 2 aromatic heterocycles. The minimum Gasteiger partial charge on any atom is -0.203 e. The Morgan fingerprint density at radius 3 is 2.60 bits per heavy atom. The number of fused-ring (bicyclic) bond motifs is 1. The summed E-state index contributed by atoms with van der Waals surface area (Å²) >= 11 is 7.68. The maximum atomic E-state index is 12.3. The molecular weight excluding hydrogens is 345 g/mol. The molecule has 8 heteroatoms. The lowest BCUT2D eigenvalue weighted by Crippen LogP contribution is -2.07. The van der Waals surface area contributed by atoms with E-state index in [-0.39, 0.29) is 10.8 Å². The van der Waals surface area contributed by atoms with Gasteiger partial charge in [0, 0.05) is 0 Å². The maximum Gasteiger partial charge on any atom is 0.453 e. The molecule has 0 unspecified atom stereocenters. The number of hydrogen-bond donors (Lipinski definition) is 0. The van der Waals surface area contributed by atoms with Crippen LogP contribution in [-0.2, 0) is 6.18 Å². The second-order valence-electron chi connectivity index (χ2n) is 2.68. The molecule has 2 rings (SSSR count). The van der Waals surface area contributed by atoms with Crippen molar-refractivity contribution >= 4 is 39.8 Å². The summed E-state index contributed by atoms with van der Waals surface area (Å²) < 4.78 is 38.4. The molecule has 3 nitrogen and oxygen atoms in total. The van der Waals surface area contributed by atoms with Crippen LogP contribution in [0.4, 0.5) is 13.2 Å². The summed E-state index contributed by atoms with van der Waals surface area (Å²) in [4.78, 5) is 3.32. The molecule has 0 aliphatic heterocycles. The van der Waals surface area contributed by atoms with Gasteiger partial charge < -0.3 is 0 Å². The fraction of sp³-hybridized carbons (Fsp3) is 0.143. The van der Waals surface area contributed by atoms with Crippen LogP contribution < -0.4 is 0 Å². The molecule has 0 fully saturated rings. The summed E-state index contributed by atoms with van der Waals surface area (Å²) in [5.41, 5.74) is 0.0766. The zero-order valence-corrected chi connectivity index (χ0v) is 9.80. The van der Waals surface area contributed by atoms with Crippen molar-refractivity contribution in [2.45, 2.75) is 6.18 Å². The maximum absolute atomic E-state index is 12.3. The van der Waals surface area contributed by atoms with Gasteiger partial charge in [0.2, 0.25) is 0 Å². The van der Waals surface area contributed by atoms with Crippen molar-refractivity contribution in [1.82, 2.24) is 14.6 Å². The summed E-state index contributed by atoms with van der Waals surface area (Å²) in [6.45, 7) is 0. The van der Waals surface area contributed by atoms with Gasteiger partial charge in [-0.2, -0.15) is 13.2 Å². The van der Waals surface area contributed by atoms with Crippen LogP contribution in [0.1, 0.15) is 5.82 Å². The van der Waals surface area contributed by atoms with E-state index < -0.39 is 12.0 Å². The van der Waals surface area contributed by atoms with Gasteiger partial charge in [-0.05, 0) is 34.7 Å². The first-order valence-electron chi connectivity index (χ1n) is 3.67. The highest BCUT2D eigenvalue weighted by molar-refractivity contribution is 14.1. The van der Waals surface area contributed by atoms with E-state index in [1.165, 1.54) is 6.07 Å². The molecule has 80 valence electrons. The second kappa shape index (κ2) is 3.48. The van der Waals surface area contributed by atoms with E-state index >= 15 is 0 Å². The summed E-state index contributed by atoms with van der Waals surface area (Å²) in [6, 6.07) is 3.00. The first-order chi connectivity index (χ1) is 6.89. The van der Waals surface area contributed by atoms with Crippen molar-refractivity contribution < 1.29 is 13.2 Å². The van der Waals surface area contributed by atoms with Crippen molar-refractivity contribution in [3.63, 3.8) is 0 Å². The van der Waals surface area contributed by atoms with Gasteiger partial charge >= 0.3 is 6.18 Å². The van der Waals surface area contributed by atoms with Crippen LogP contribution in [0.25, 0.3) is 5.65 Å². The Bertz CT molecular complexity index is 522. The van der Waals surface area contributed by atoms with Crippen LogP contribution in [0, 0.1) is 3.57 Å². The van der Waals surface area contributed by atoms with E-state index in [9.17, 15) is 13.2 Å². The first-order valence-corrected chi connectivity index (χ1v) is 5.13. The molecule has 0 radical (unpaired) electrons. The Kier molecular flexibility index (Phi) is 2.53. The standard InChI is InChI=1S/C7H2ClF3IN3/c8-5-3(12)1-2-4-13-6(7(9,10)11)14-15(4)5/h1-2H. The van der Waals surface area contributed by atoms with E-state index in [0.717, 1.165) is 4.52 Å². The van der Waals surface area contributed by atoms with Crippen LogP contribution in [0.3, 0.4) is 0 Å². The van der Waals surface area contributed by atoms with Gasteiger partial charge in [0.15, 0.2) is 5.65 Å². The lowest BCUT2D eigenvalue weighted by atomic mass is 10.5. The summed E-state index contributed by atoms with van der Waals surface area (Å²) in [5.74, 6) is -1.19. The van der Waals surface area contributed by atoms with Gasteiger partial charge in [0.1, 0.15) is 5.15 Å². The van der Waals surface area contributed by atoms with Gasteiger partial charge in [-0.15, -0.1) is 5.10 Å². The number of halogens is 5. The molecule has 0 aliphatic rings.